The normalized spacial score (nSPS) is 24.8. The Morgan fingerprint density at radius 3 is 2.44 bits per heavy atom. The van der Waals surface area contributed by atoms with E-state index in [2.05, 4.69) is 25.8 Å². The summed E-state index contributed by atoms with van der Waals surface area (Å²) in [5, 5.41) is 0. The minimum absolute atomic E-state index is 0.279. The fourth-order valence-electron chi connectivity index (χ4n) is 2.71. The third kappa shape index (κ3) is 3.15. The molecule has 2 rings (SSSR count). The van der Waals surface area contributed by atoms with E-state index in [1.165, 1.54) is 12.8 Å². The van der Waals surface area contributed by atoms with E-state index in [0.29, 0.717) is 17.0 Å². The molecule has 0 radical (unpaired) electrons. The molecule has 1 aromatic heterocycles. The summed E-state index contributed by atoms with van der Waals surface area (Å²) in [6.45, 7) is 6.99. The van der Waals surface area contributed by atoms with E-state index in [1.54, 1.807) is 6.20 Å². The summed E-state index contributed by atoms with van der Waals surface area (Å²) in [6, 6.07) is 3.67. The second-order valence-corrected chi connectivity index (χ2v) is 6.36. The topological polar surface area (TPSA) is 48.1 Å². The Morgan fingerprint density at radius 2 is 1.89 bits per heavy atom. The lowest BCUT2D eigenvalue weighted by atomic mass is 9.72. The van der Waals surface area contributed by atoms with Crippen molar-refractivity contribution in [3.63, 3.8) is 0 Å². The number of nitrogens with zero attached hydrogens (tertiary/aromatic N) is 1. The molecule has 0 atom stereocenters. The van der Waals surface area contributed by atoms with Gasteiger partial charge >= 0.3 is 0 Å². The smallest absolute Gasteiger partial charge is 0.237 e. The number of rotatable bonds is 2. The van der Waals surface area contributed by atoms with Crippen LogP contribution in [-0.2, 0) is 0 Å². The minimum atomic E-state index is 0.279. The van der Waals surface area contributed by atoms with E-state index in [4.69, 9.17) is 10.5 Å². The molecule has 3 heteroatoms. The van der Waals surface area contributed by atoms with E-state index in [9.17, 15) is 0 Å². The molecule has 1 aliphatic carbocycles. The van der Waals surface area contributed by atoms with Crippen molar-refractivity contribution in [3.05, 3.63) is 18.3 Å². The molecule has 2 N–H and O–H groups in total. The third-order valence-electron chi connectivity index (χ3n) is 3.98. The molecule has 1 saturated carbocycles. The zero-order valence-corrected chi connectivity index (χ0v) is 11.6. The monoisotopic (exact) mass is 248 g/mol. The number of pyridine rings is 1. The first-order valence-electron chi connectivity index (χ1n) is 6.84. The van der Waals surface area contributed by atoms with Gasteiger partial charge in [0.15, 0.2) is 0 Å². The number of nitrogens with two attached hydrogens (primary N) is 1. The fourth-order valence-corrected chi connectivity index (χ4v) is 2.71. The molecule has 0 unspecified atom stereocenters. The van der Waals surface area contributed by atoms with Crippen LogP contribution >= 0.6 is 0 Å². The van der Waals surface area contributed by atoms with E-state index < -0.39 is 0 Å². The first kappa shape index (κ1) is 13.2. The van der Waals surface area contributed by atoms with Gasteiger partial charge < -0.3 is 10.5 Å². The van der Waals surface area contributed by atoms with E-state index in [1.807, 2.05) is 12.1 Å². The number of hydrogen-bond donors (Lipinski definition) is 1. The molecule has 100 valence electrons. The molecule has 0 amide bonds. The van der Waals surface area contributed by atoms with Gasteiger partial charge in [-0.05, 0) is 49.1 Å². The molecular formula is C15H24N2O. The Labute approximate surface area is 110 Å². The average Bonchev–Trinajstić information content (AvgIpc) is 2.32. The molecule has 18 heavy (non-hydrogen) atoms. The molecule has 0 saturated heterocycles. The van der Waals surface area contributed by atoms with Crippen LogP contribution in [0.2, 0.25) is 0 Å². The van der Waals surface area contributed by atoms with Crippen LogP contribution in [0.5, 0.6) is 5.88 Å². The Hall–Kier alpha value is -1.25. The van der Waals surface area contributed by atoms with Gasteiger partial charge in [0.25, 0.3) is 0 Å². The maximum absolute atomic E-state index is 5.91. The third-order valence-corrected chi connectivity index (χ3v) is 3.98. The number of aromatic nitrogens is 1. The number of ether oxygens (including phenoxy) is 1. The molecule has 0 bridgehead atoms. The van der Waals surface area contributed by atoms with E-state index >= 15 is 0 Å². The highest BCUT2D eigenvalue weighted by atomic mass is 16.5. The Balaban J connectivity index is 1.90. The molecule has 1 aromatic rings. The van der Waals surface area contributed by atoms with Crippen LogP contribution in [0.3, 0.4) is 0 Å². The van der Waals surface area contributed by atoms with E-state index in [-0.39, 0.29) is 6.10 Å². The van der Waals surface area contributed by atoms with Gasteiger partial charge in [0.2, 0.25) is 5.88 Å². The highest BCUT2D eigenvalue weighted by Gasteiger charge is 2.30. The highest BCUT2D eigenvalue weighted by molar-refractivity contribution is 5.46. The maximum Gasteiger partial charge on any atom is 0.237 e. The fraction of sp³-hybridized carbons (Fsp3) is 0.667. The number of nitrogen functional groups attached to an aromatic ring is 1. The van der Waals surface area contributed by atoms with Gasteiger partial charge in [-0.2, -0.15) is 0 Å². The summed E-state index contributed by atoms with van der Waals surface area (Å²) in [5.74, 6) is 1.40. The Kier molecular flexibility index (Phi) is 3.79. The van der Waals surface area contributed by atoms with Crippen LogP contribution in [0.25, 0.3) is 0 Å². The summed E-state index contributed by atoms with van der Waals surface area (Å²) < 4.78 is 5.91. The van der Waals surface area contributed by atoms with Gasteiger partial charge in [-0.25, -0.2) is 4.98 Å². The predicted octanol–water partition coefficient (Wildman–Crippen LogP) is 3.65. The first-order chi connectivity index (χ1) is 8.47. The molecule has 0 spiro atoms. The largest absolute Gasteiger partial charge is 0.473 e. The molecule has 1 aliphatic rings. The first-order valence-corrected chi connectivity index (χ1v) is 6.84. The Morgan fingerprint density at radius 1 is 1.22 bits per heavy atom. The van der Waals surface area contributed by atoms with Crippen molar-refractivity contribution in [2.75, 3.05) is 5.73 Å². The summed E-state index contributed by atoms with van der Waals surface area (Å²) in [4.78, 5) is 4.19. The highest BCUT2D eigenvalue weighted by Crippen LogP contribution is 2.38. The zero-order chi connectivity index (χ0) is 13.2. The van der Waals surface area contributed by atoms with Crippen molar-refractivity contribution >= 4 is 5.69 Å². The van der Waals surface area contributed by atoms with Gasteiger partial charge in [-0.15, -0.1) is 0 Å². The van der Waals surface area contributed by atoms with Crippen LogP contribution < -0.4 is 10.5 Å². The van der Waals surface area contributed by atoms with Crippen LogP contribution in [0.4, 0.5) is 5.69 Å². The van der Waals surface area contributed by atoms with Crippen molar-refractivity contribution in [2.24, 2.45) is 11.3 Å². The standard InChI is InChI=1S/C15H24N2O/c1-15(2,3)11-6-8-12(9-7-11)18-14-13(16)5-4-10-17-14/h4-5,10-12H,6-9,16H2,1-3H3. The second kappa shape index (κ2) is 5.17. The maximum atomic E-state index is 5.91. The zero-order valence-electron chi connectivity index (χ0n) is 11.6. The predicted molar refractivity (Wildman–Crippen MR) is 74.5 cm³/mol. The lowest BCUT2D eigenvalue weighted by molar-refractivity contribution is 0.0857. The van der Waals surface area contributed by atoms with Crippen LogP contribution in [0.15, 0.2) is 18.3 Å². The van der Waals surface area contributed by atoms with Crippen LogP contribution in [-0.4, -0.2) is 11.1 Å². The lowest BCUT2D eigenvalue weighted by Gasteiger charge is -2.36. The summed E-state index contributed by atoms with van der Waals surface area (Å²) in [7, 11) is 0. The quantitative estimate of drug-likeness (QED) is 0.869. The average molecular weight is 248 g/mol. The van der Waals surface area contributed by atoms with Gasteiger partial charge in [0.05, 0.1) is 5.69 Å². The van der Waals surface area contributed by atoms with Crippen molar-refractivity contribution in [2.45, 2.75) is 52.6 Å². The molecule has 1 fully saturated rings. The van der Waals surface area contributed by atoms with Crippen molar-refractivity contribution in [1.29, 1.82) is 0 Å². The van der Waals surface area contributed by atoms with Crippen molar-refractivity contribution in [3.8, 4) is 5.88 Å². The molecule has 0 aromatic carbocycles. The number of anilines is 1. The van der Waals surface area contributed by atoms with Gasteiger partial charge in [-0.1, -0.05) is 20.8 Å². The minimum Gasteiger partial charge on any atom is -0.473 e. The molecule has 3 nitrogen and oxygen atoms in total. The number of hydrogen-bond acceptors (Lipinski definition) is 3. The summed E-state index contributed by atoms with van der Waals surface area (Å²) in [5.41, 5.74) is 6.89. The second-order valence-electron chi connectivity index (χ2n) is 6.36. The molecule has 1 heterocycles. The SMILES string of the molecule is CC(C)(C)C1CCC(Oc2ncccc2N)CC1. The molecule has 0 aliphatic heterocycles. The van der Waals surface area contributed by atoms with Crippen LogP contribution in [0.1, 0.15) is 46.5 Å². The summed E-state index contributed by atoms with van der Waals surface area (Å²) in [6.07, 6.45) is 6.70. The Bertz CT molecular complexity index is 390. The lowest BCUT2D eigenvalue weighted by Crippen LogP contribution is -2.30. The molecular weight excluding hydrogens is 224 g/mol. The van der Waals surface area contributed by atoms with Gasteiger partial charge in [0, 0.05) is 6.20 Å². The van der Waals surface area contributed by atoms with Gasteiger partial charge in [0.1, 0.15) is 6.10 Å². The van der Waals surface area contributed by atoms with Crippen molar-refractivity contribution in [1.82, 2.24) is 4.98 Å². The summed E-state index contributed by atoms with van der Waals surface area (Å²) >= 11 is 0. The van der Waals surface area contributed by atoms with E-state index in [0.717, 1.165) is 18.8 Å². The van der Waals surface area contributed by atoms with Gasteiger partial charge in [-0.3, -0.25) is 0 Å². The van der Waals surface area contributed by atoms with Crippen LogP contribution in [0, 0.1) is 11.3 Å². The van der Waals surface area contributed by atoms with Crippen molar-refractivity contribution < 1.29 is 4.74 Å².